The highest BCUT2D eigenvalue weighted by atomic mass is 32.2. The molecule has 0 saturated carbocycles. The van der Waals surface area contributed by atoms with Gasteiger partial charge in [-0.1, -0.05) is 12.1 Å². The number of nitrogens with zero attached hydrogens (tertiary/aromatic N) is 1. The number of carbonyl (C=O) groups is 1. The number of thiophene rings is 1. The Morgan fingerprint density at radius 3 is 2.59 bits per heavy atom. The van der Waals surface area contributed by atoms with Gasteiger partial charge in [0.1, 0.15) is 9.77 Å². The molecule has 2 N–H and O–H groups in total. The quantitative estimate of drug-likeness (QED) is 0.711. The first-order chi connectivity index (χ1) is 13.6. The average Bonchev–Trinajstić information content (AvgIpc) is 3.37. The second kappa shape index (κ2) is 8.42. The second-order valence-corrected chi connectivity index (χ2v) is 9.40. The molecule has 1 fully saturated rings. The predicted octanol–water partition coefficient (Wildman–Crippen LogP) is 3.01. The number of hydrogen-bond donors (Lipinski definition) is 2. The van der Waals surface area contributed by atoms with Gasteiger partial charge in [0.2, 0.25) is 10.0 Å². The summed E-state index contributed by atoms with van der Waals surface area (Å²) in [5.41, 5.74) is -0.908. The molecule has 1 aromatic heterocycles. The number of aliphatic hydroxyl groups is 1. The lowest BCUT2D eigenvalue weighted by molar-refractivity contribution is -0.137. The number of halogens is 3. The van der Waals surface area contributed by atoms with Crippen molar-refractivity contribution in [1.82, 2.24) is 9.62 Å². The van der Waals surface area contributed by atoms with Crippen molar-refractivity contribution in [2.75, 3.05) is 19.6 Å². The van der Waals surface area contributed by atoms with Crippen molar-refractivity contribution in [3.63, 3.8) is 0 Å². The molecule has 1 aliphatic rings. The highest BCUT2D eigenvalue weighted by Gasteiger charge is 2.32. The van der Waals surface area contributed by atoms with Gasteiger partial charge in [-0.15, -0.1) is 11.3 Å². The summed E-state index contributed by atoms with van der Waals surface area (Å²) in [6.45, 7) is 0.433. The van der Waals surface area contributed by atoms with Gasteiger partial charge in [-0.2, -0.15) is 17.5 Å². The zero-order chi connectivity index (χ0) is 21.2. The molecule has 0 spiro atoms. The largest absolute Gasteiger partial charge is 0.416 e. The molecule has 1 atom stereocenters. The van der Waals surface area contributed by atoms with Crippen molar-refractivity contribution in [3.05, 3.63) is 51.7 Å². The smallest absolute Gasteiger partial charge is 0.387 e. The molecule has 29 heavy (non-hydrogen) atoms. The van der Waals surface area contributed by atoms with Crippen molar-refractivity contribution in [3.8, 4) is 0 Å². The van der Waals surface area contributed by atoms with Crippen LogP contribution in [0.2, 0.25) is 0 Å². The van der Waals surface area contributed by atoms with Crippen LogP contribution >= 0.6 is 11.3 Å². The number of amides is 1. The number of nitrogens with one attached hydrogen (secondary N) is 1. The Morgan fingerprint density at radius 2 is 1.93 bits per heavy atom. The van der Waals surface area contributed by atoms with E-state index in [2.05, 4.69) is 5.32 Å². The Bertz CT molecular complexity index is 983. The molecule has 11 heteroatoms. The molecule has 1 aromatic carbocycles. The molecule has 0 aliphatic carbocycles. The van der Waals surface area contributed by atoms with E-state index in [0.29, 0.717) is 13.1 Å². The minimum atomic E-state index is -4.55. The summed E-state index contributed by atoms with van der Waals surface area (Å²) in [6, 6.07) is 5.54. The first-order valence-electron chi connectivity index (χ1n) is 8.82. The van der Waals surface area contributed by atoms with E-state index in [0.717, 1.165) is 36.3 Å². The van der Waals surface area contributed by atoms with Gasteiger partial charge in [0, 0.05) is 19.6 Å². The second-order valence-electron chi connectivity index (χ2n) is 6.57. The van der Waals surface area contributed by atoms with E-state index >= 15 is 0 Å². The highest BCUT2D eigenvalue weighted by Crippen LogP contribution is 2.31. The summed E-state index contributed by atoms with van der Waals surface area (Å²) in [4.78, 5) is 12.4. The Labute approximate surface area is 170 Å². The third kappa shape index (κ3) is 4.80. The number of sulfonamides is 1. The van der Waals surface area contributed by atoms with Crippen LogP contribution in [0.25, 0.3) is 0 Å². The SMILES string of the molecule is O=C(NCC(O)c1cccc(C(F)(F)F)c1)c1sccc1S(=O)(=O)N1CCCC1. The van der Waals surface area contributed by atoms with E-state index in [1.165, 1.54) is 27.9 Å². The fraction of sp³-hybridized carbons (Fsp3) is 0.389. The van der Waals surface area contributed by atoms with Crippen LogP contribution in [0.3, 0.4) is 0 Å². The average molecular weight is 448 g/mol. The van der Waals surface area contributed by atoms with Gasteiger partial charge in [0.25, 0.3) is 5.91 Å². The molecular weight excluding hydrogens is 429 g/mol. The van der Waals surface area contributed by atoms with Gasteiger partial charge in [0.05, 0.1) is 11.7 Å². The molecule has 1 saturated heterocycles. The molecule has 0 bridgehead atoms. The number of rotatable bonds is 6. The maximum atomic E-state index is 12.8. The highest BCUT2D eigenvalue weighted by molar-refractivity contribution is 7.89. The normalized spacial score (nSPS) is 16.7. The molecule has 158 valence electrons. The van der Waals surface area contributed by atoms with Crippen LogP contribution < -0.4 is 5.32 Å². The lowest BCUT2D eigenvalue weighted by Gasteiger charge is -2.17. The van der Waals surface area contributed by atoms with Gasteiger partial charge in [-0.3, -0.25) is 4.79 Å². The third-order valence-corrected chi connectivity index (χ3v) is 7.56. The van der Waals surface area contributed by atoms with Gasteiger partial charge in [0.15, 0.2) is 0 Å². The van der Waals surface area contributed by atoms with E-state index in [9.17, 15) is 31.5 Å². The molecule has 2 heterocycles. The first kappa shape index (κ1) is 21.8. The standard InChI is InChI=1S/C18H19F3N2O4S2/c19-18(20,21)13-5-3-4-12(10-13)14(24)11-22-17(25)16-15(6-9-28-16)29(26,27)23-7-1-2-8-23/h3-6,9-10,14,24H,1-2,7-8,11H2,(H,22,25). The van der Waals surface area contributed by atoms with E-state index in [1.807, 2.05) is 0 Å². The summed E-state index contributed by atoms with van der Waals surface area (Å²) < 4.78 is 65.2. The van der Waals surface area contributed by atoms with Crippen LogP contribution in [-0.2, 0) is 16.2 Å². The van der Waals surface area contributed by atoms with Gasteiger partial charge >= 0.3 is 6.18 Å². The van der Waals surface area contributed by atoms with E-state index < -0.39 is 33.8 Å². The lowest BCUT2D eigenvalue weighted by atomic mass is 10.1. The maximum Gasteiger partial charge on any atom is 0.416 e. The fourth-order valence-corrected chi connectivity index (χ4v) is 5.88. The summed E-state index contributed by atoms with van der Waals surface area (Å²) in [6.07, 6.45) is -4.41. The summed E-state index contributed by atoms with van der Waals surface area (Å²) in [5, 5.41) is 14.0. The van der Waals surface area contributed by atoms with Crippen molar-refractivity contribution >= 4 is 27.3 Å². The van der Waals surface area contributed by atoms with E-state index in [4.69, 9.17) is 0 Å². The van der Waals surface area contributed by atoms with Gasteiger partial charge in [-0.05, 0) is 42.0 Å². The molecule has 6 nitrogen and oxygen atoms in total. The number of alkyl halides is 3. The number of carbonyl (C=O) groups excluding carboxylic acids is 1. The van der Waals surface area contributed by atoms with Crippen LogP contribution in [0.15, 0.2) is 40.6 Å². The number of aliphatic hydroxyl groups excluding tert-OH is 1. The Balaban J connectivity index is 1.70. The molecule has 3 rings (SSSR count). The zero-order valence-electron chi connectivity index (χ0n) is 15.1. The minimum absolute atomic E-state index is 0.00350. The minimum Gasteiger partial charge on any atom is -0.387 e. The monoisotopic (exact) mass is 448 g/mol. The van der Waals surface area contributed by atoms with E-state index in [-0.39, 0.29) is 21.9 Å². The Kier molecular flexibility index (Phi) is 6.32. The Morgan fingerprint density at radius 1 is 1.24 bits per heavy atom. The van der Waals surface area contributed by atoms with Crippen molar-refractivity contribution in [1.29, 1.82) is 0 Å². The van der Waals surface area contributed by atoms with Crippen LogP contribution in [0.1, 0.15) is 39.7 Å². The van der Waals surface area contributed by atoms with Crippen LogP contribution in [0.5, 0.6) is 0 Å². The Hall–Kier alpha value is -1.95. The topological polar surface area (TPSA) is 86.7 Å². The van der Waals surface area contributed by atoms with Crippen LogP contribution in [0.4, 0.5) is 13.2 Å². The van der Waals surface area contributed by atoms with Crippen LogP contribution in [0, 0.1) is 0 Å². The van der Waals surface area contributed by atoms with Crippen molar-refractivity contribution in [2.45, 2.75) is 30.0 Å². The van der Waals surface area contributed by atoms with Crippen molar-refractivity contribution in [2.24, 2.45) is 0 Å². The maximum absolute atomic E-state index is 12.8. The van der Waals surface area contributed by atoms with E-state index in [1.54, 1.807) is 0 Å². The zero-order valence-corrected chi connectivity index (χ0v) is 16.8. The molecule has 1 aliphatic heterocycles. The summed E-state index contributed by atoms with van der Waals surface area (Å²) in [7, 11) is -3.79. The number of benzene rings is 1. The molecule has 1 unspecified atom stereocenters. The predicted molar refractivity (Wildman–Crippen MR) is 101 cm³/mol. The fourth-order valence-electron chi connectivity index (χ4n) is 3.04. The molecular formula is C18H19F3N2O4S2. The third-order valence-electron chi connectivity index (χ3n) is 4.57. The van der Waals surface area contributed by atoms with Gasteiger partial charge in [-0.25, -0.2) is 8.42 Å². The summed E-state index contributed by atoms with van der Waals surface area (Å²) in [5.74, 6) is -0.705. The van der Waals surface area contributed by atoms with Crippen LogP contribution in [-0.4, -0.2) is 43.4 Å². The molecule has 0 radical (unpaired) electrons. The first-order valence-corrected chi connectivity index (χ1v) is 11.1. The van der Waals surface area contributed by atoms with Gasteiger partial charge < -0.3 is 10.4 Å². The molecule has 1 amide bonds. The lowest BCUT2D eigenvalue weighted by Crippen LogP contribution is -2.32. The van der Waals surface area contributed by atoms with Crippen molar-refractivity contribution < 1.29 is 31.5 Å². The number of hydrogen-bond acceptors (Lipinski definition) is 5. The molecule has 2 aromatic rings. The summed E-state index contributed by atoms with van der Waals surface area (Å²) >= 11 is 0.948.